The predicted octanol–water partition coefficient (Wildman–Crippen LogP) is 2.43. The first-order chi connectivity index (χ1) is 5.24. The van der Waals surface area contributed by atoms with Crippen molar-refractivity contribution in [1.82, 2.24) is 0 Å². The van der Waals surface area contributed by atoms with Crippen LogP contribution >= 0.6 is 0 Å². The van der Waals surface area contributed by atoms with E-state index in [0.29, 0.717) is 5.75 Å². The Labute approximate surface area is 63.6 Å². The fourth-order valence-corrected chi connectivity index (χ4v) is 0.685. The van der Waals surface area contributed by atoms with Crippen molar-refractivity contribution in [3.8, 4) is 5.75 Å². The fraction of sp³-hybridized carbons (Fsp3) is 0.250. The van der Waals surface area contributed by atoms with Gasteiger partial charge < -0.3 is 4.74 Å². The van der Waals surface area contributed by atoms with Crippen LogP contribution in [0.1, 0.15) is 12.0 Å². The number of hydrogen-bond donors (Lipinski definition) is 0. The molecule has 0 atom stereocenters. The second-order valence-electron chi connectivity index (χ2n) is 1.99. The molecule has 0 bridgehead atoms. The zero-order chi connectivity index (χ0) is 8.27. The highest BCUT2D eigenvalue weighted by Gasteiger charge is 2.05. The van der Waals surface area contributed by atoms with Gasteiger partial charge in [0.25, 0.3) is 6.43 Å². The molecule has 1 aromatic rings. The molecule has 0 N–H and O–H groups in total. The zero-order valence-electron chi connectivity index (χ0n) is 5.97. The molecule has 3 heteroatoms. The van der Waals surface area contributed by atoms with Crippen molar-refractivity contribution in [2.24, 2.45) is 0 Å². The van der Waals surface area contributed by atoms with Gasteiger partial charge >= 0.3 is 0 Å². The van der Waals surface area contributed by atoms with E-state index in [1.807, 2.05) is 0 Å². The topological polar surface area (TPSA) is 9.23 Å². The maximum Gasteiger partial charge on any atom is 0.263 e. The van der Waals surface area contributed by atoms with E-state index >= 15 is 0 Å². The molecule has 0 saturated heterocycles. The molecule has 11 heavy (non-hydrogen) atoms. The van der Waals surface area contributed by atoms with Crippen LogP contribution in [0.15, 0.2) is 18.2 Å². The van der Waals surface area contributed by atoms with Gasteiger partial charge in [-0.05, 0) is 18.2 Å². The van der Waals surface area contributed by atoms with Crippen molar-refractivity contribution in [3.05, 3.63) is 29.8 Å². The van der Waals surface area contributed by atoms with Gasteiger partial charge in [-0.3, -0.25) is 0 Å². The Morgan fingerprint density at radius 2 is 2.18 bits per heavy atom. The van der Waals surface area contributed by atoms with Gasteiger partial charge in [-0.1, -0.05) is 0 Å². The summed E-state index contributed by atoms with van der Waals surface area (Å²) in [6, 6.07) is 6.57. The van der Waals surface area contributed by atoms with Crippen LogP contribution in [0.4, 0.5) is 8.78 Å². The van der Waals surface area contributed by atoms with E-state index in [-0.39, 0.29) is 5.56 Å². The maximum atomic E-state index is 11.9. The summed E-state index contributed by atoms with van der Waals surface area (Å²) in [6.07, 6.45) is -2.43. The van der Waals surface area contributed by atoms with Crippen molar-refractivity contribution in [3.63, 3.8) is 0 Å². The number of halogens is 2. The van der Waals surface area contributed by atoms with E-state index in [9.17, 15) is 8.78 Å². The molecule has 0 spiro atoms. The molecule has 0 saturated carbocycles. The van der Waals surface area contributed by atoms with Crippen LogP contribution in [0.3, 0.4) is 0 Å². The Morgan fingerprint density at radius 3 is 2.55 bits per heavy atom. The molecular weight excluding hydrogens is 150 g/mol. The summed E-state index contributed by atoms with van der Waals surface area (Å²) in [5.74, 6) is 0.467. The minimum Gasteiger partial charge on any atom is -0.496 e. The molecule has 59 valence electrons. The lowest BCUT2D eigenvalue weighted by Crippen LogP contribution is -1.85. The second-order valence-corrected chi connectivity index (χ2v) is 1.99. The van der Waals surface area contributed by atoms with Crippen LogP contribution in [0.2, 0.25) is 0 Å². The van der Waals surface area contributed by atoms with Crippen LogP contribution in [-0.4, -0.2) is 7.11 Å². The van der Waals surface area contributed by atoms with Gasteiger partial charge in [-0.25, -0.2) is 8.78 Å². The molecule has 0 amide bonds. The van der Waals surface area contributed by atoms with E-state index in [1.54, 1.807) is 0 Å². The number of methoxy groups -OCH3 is 1. The summed E-state index contributed by atoms with van der Waals surface area (Å²) < 4.78 is 28.6. The smallest absolute Gasteiger partial charge is 0.263 e. The van der Waals surface area contributed by atoms with Crippen molar-refractivity contribution in [2.75, 3.05) is 7.11 Å². The van der Waals surface area contributed by atoms with Crippen LogP contribution in [0.25, 0.3) is 0 Å². The van der Waals surface area contributed by atoms with Crippen LogP contribution in [-0.2, 0) is 0 Å². The summed E-state index contributed by atoms with van der Waals surface area (Å²) in [5.41, 5.74) is -0.0363. The molecule has 0 aliphatic heterocycles. The number of benzene rings is 1. The van der Waals surface area contributed by atoms with E-state index in [1.165, 1.54) is 25.3 Å². The highest BCUT2D eigenvalue weighted by molar-refractivity contribution is 5.26. The van der Waals surface area contributed by atoms with Crippen LogP contribution < -0.4 is 4.74 Å². The van der Waals surface area contributed by atoms with Gasteiger partial charge in [0.2, 0.25) is 0 Å². The standard InChI is InChI=1S/C8H7F2O/c1-11-7-4-2-6(3-5-7)8(9)10/h2-4,8H,1H3. The molecule has 0 fully saturated rings. The molecule has 1 nitrogen and oxygen atoms in total. The third kappa shape index (κ3) is 1.90. The van der Waals surface area contributed by atoms with E-state index in [2.05, 4.69) is 6.07 Å². The first-order valence-electron chi connectivity index (χ1n) is 3.08. The van der Waals surface area contributed by atoms with Crippen LogP contribution in [0.5, 0.6) is 5.75 Å². The van der Waals surface area contributed by atoms with E-state index < -0.39 is 6.43 Å². The Hall–Kier alpha value is -1.12. The number of ether oxygens (including phenoxy) is 1. The Balaban J connectivity index is 2.83. The molecule has 0 heterocycles. The molecule has 1 radical (unpaired) electrons. The average molecular weight is 157 g/mol. The first-order valence-corrected chi connectivity index (χ1v) is 3.08. The van der Waals surface area contributed by atoms with Crippen molar-refractivity contribution < 1.29 is 13.5 Å². The van der Waals surface area contributed by atoms with Crippen molar-refractivity contribution >= 4 is 0 Å². The molecule has 0 unspecified atom stereocenters. The quantitative estimate of drug-likeness (QED) is 0.640. The molecule has 1 rings (SSSR count). The van der Waals surface area contributed by atoms with Gasteiger partial charge in [0.1, 0.15) is 5.75 Å². The largest absolute Gasteiger partial charge is 0.496 e. The lowest BCUT2D eigenvalue weighted by molar-refractivity contribution is 0.151. The first kappa shape index (κ1) is 7.98. The van der Waals surface area contributed by atoms with Crippen molar-refractivity contribution in [2.45, 2.75) is 6.43 Å². The van der Waals surface area contributed by atoms with Gasteiger partial charge in [0.15, 0.2) is 0 Å². The van der Waals surface area contributed by atoms with Gasteiger partial charge in [0.05, 0.1) is 7.11 Å². The fourth-order valence-electron chi connectivity index (χ4n) is 0.685. The maximum absolute atomic E-state index is 11.9. The SMILES string of the molecule is COc1[c]cc(C(F)F)cc1. The van der Waals surface area contributed by atoms with Gasteiger partial charge in [0, 0.05) is 11.6 Å². The van der Waals surface area contributed by atoms with E-state index in [4.69, 9.17) is 4.74 Å². The lowest BCUT2D eigenvalue weighted by Gasteiger charge is -2.00. The Bertz CT molecular complexity index is 218. The lowest BCUT2D eigenvalue weighted by atomic mass is 10.2. The highest BCUT2D eigenvalue weighted by Crippen LogP contribution is 2.20. The van der Waals surface area contributed by atoms with E-state index in [0.717, 1.165) is 0 Å². The second kappa shape index (κ2) is 3.32. The summed E-state index contributed by atoms with van der Waals surface area (Å²) in [6.45, 7) is 0. The van der Waals surface area contributed by atoms with Gasteiger partial charge in [-0.15, -0.1) is 0 Å². The summed E-state index contributed by atoms with van der Waals surface area (Å²) in [4.78, 5) is 0. The molecular formula is C8H7F2O. The molecule has 1 aromatic carbocycles. The zero-order valence-corrected chi connectivity index (χ0v) is 5.97. The minimum absolute atomic E-state index is 0.0363. The normalized spacial score (nSPS) is 10.2. The van der Waals surface area contributed by atoms with Crippen molar-refractivity contribution in [1.29, 1.82) is 0 Å². The Morgan fingerprint density at radius 1 is 1.45 bits per heavy atom. The third-order valence-electron chi connectivity index (χ3n) is 1.28. The highest BCUT2D eigenvalue weighted by atomic mass is 19.3. The molecule has 0 aliphatic carbocycles. The monoisotopic (exact) mass is 157 g/mol. The average Bonchev–Trinajstić information content (AvgIpc) is 2.05. The molecule has 0 aliphatic rings. The van der Waals surface area contributed by atoms with Gasteiger partial charge in [-0.2, -0.15) is 0 Å². The summed E-state index contributed by atoms with van der Waals surface area (Å²) >= 11 is 0. The Kier molecular flexibility index (Phi) is 2.41. The molecule has 0 aromatic heterocycles. The van der Waals surface area contributed by atoms with Crippen LogP contribution in [0, 0.1) is 6.07 Å². The minimum atomic E-state index is -2.43. The third-order valence-corrected chi connectivity index (χ3v) is 1.28. The number of rotatable bonds is 2. The summed E-state index contributed by atoms with van der Waals surface area (Å²) in [5, 5.41) is 0. The number of alkyl halides is 2. The predicted molar refractivity (Wildman–Crippen MR) is 36.8 cm³/mol. The summed E-state index contributed by atoms with van der Waals surface area (Å²) in [7, 11) is 1.47. The number of hydrogen-bond acceptors (Lipinski definition) is 1.